The predicted molar refractivity (Wildman–Crippen MR) is 70.4 cm³/mol. The Labute approximate surface area is 121 Å². The van der Waals surface area contributed by atoms with E-state index in [1.54, 1.807) is 0 Å². The Morgan fingerprint density at radius 1 is 1.35 bits per heavy atom. The number of halogens is 1. The number of ether oxygens (including phenoxy) is 1. The summed E-state index contributed by atoms with van der Waals surface area (Å²) in [5.74, 6) is 0.187. The van der Waals surface area contributed by atoms with Crippen molar-refractivity contribution in [1.29, 1.82) is 0 Å². The number of hydrogen-bond acceptors (Lipinski definition) is 8. The van der Waals surface area contributed by atoms with Crippen molar-refractivity contribution in [2.45, 2.75) is 24.5 Å². The molecular formula is C10H12BrN5O4. The monoisotopic (exact) mass is 345 g/mol. The number of anilines is 1. The molecule has 1 aliphatic heterocycles. The molecule has 3 rings (SSSR count). The number of aromatic nitrogens is 4. The molecule has 0 bridgehead atoms. The van der Waals surface area contributed by atoms with Crippen LogP contribution in [-0.2, 0) is 4.74 Å². The number of aliphatic hydroxyl groups is 3. The first-order valence-electron chi connectivity index (χ1n) is 5.81. The summed E-state index contributed by atoms with van der Waals surface area (Å²) in [5, 5.41) is 28.9. The predicted octanol–water partition coefficient (Wildman–Crippen LogP) is -1.22. The molecule has 0 aromatic carbocycles. The quantitative estimate of drug-likeness (QED) is 0.496. The number of nitrogens with two attached hydrogens (primary N) is 1. The van der Waals surface area contributed by atoms with Crippen LogP contribution >= 0.6 is 15.9 Å². The summed E-state index contributed by atoms with van der Waals surface area (Å²) in [6.07, 6.45) is -2.78. The van der Waals surface area contributed by atoms with Crippen molar-refractivity contribution in [2.24, 2.45) is 0 Å². The third kappa shape index (κ3) is 1.96. The van der Waals surface area contributed by atoms with Crippen LogP contribution in [0.4, 0.5) is 5.82 Å². The first-order valence-corrected chi connectivity index (χ1v) is 6.60. The van der Waals surface area contributed by atoms with E-state index in [0.29, 0.717) is 11.2 Å². The van der Waals surface area contributed by atoms with Gasteiger partial charge in [0.15, 0.2) is 17.7 Å². The highest BCUT2D eigenvalue weighted by atomic mass is 79.9. The number of fused-ring (bicyclic) bond motifs is 1. The molecular weight excluding hydrogens is 334 g/mol. The zero-order valence-corrected chi connectivity index (χ0v) is 11.7. The number of aliphatic hydroxyl groups excluding tert-OH is 3. The van der Waals surface area contributed by atoms with E-state index < -0.39 is 31.1 Å². The lowest BCUT2D eigenvalue weighted by Crippen LogP contribution is -2.33. The molecule has 1 saturated heterocycles. The second kappa shape index (κ2) is 4.90. The summed E-state index contributed by atoms with van der Waals surface area (Å²) < 4.78 is 7.14. The maximum atomic E-state index is 10.0. The maximum Gasteiger partial charge on any atom is 0.200 e. The molecule has 20 heavy (non-hydrogen) atoms. The van der Waals surface area contributed by atoms with Crippen LogP contribution in [0.1, 0.15) is 6.23 Å². The summed E-state index contributed by atoms with van der Waals surface area (Å²) in [5.41, 5.74) is 6.46. The average Bonchev–Trinajstić information content (AvgIpc) is 2.93. The van der Waals surface area contributed by atoms with Gasteiger partial charge in [0.2, 0.25) is 4.73 Å². The van der Waals surface area contributed by atoms with Crippen molar-refractivity contribution in [3.63, 3.8) is 0 Å². The highest BCUT2D eigenvalue weighted by molar-refractivity contribution is 9.10. The number of rotatable bonds is 2. The SMILES string of the molecule is Nc1nc(Br)nc2c1ncn2[C@@H]1O[C@H](CO)C(O)[C@@H]1O. The molecule has 3 heterocycles. The van der Waals surface area contributed by atoms with E-state index in [2.05, 4.69) is 30.9 Å². The molecule has 0 amide bonds. The molecule has 1 aliphatic rings. The number of nitrogen functional groups attached to an aromatic ring is 1. The lowest BCUT2D eigenvalue weighted by Gasteiger charge is -2.16. The molecule has 0 radical (unpaired) electrons. The zero-order valence-electron chi connectivity index (χ0n) is 10.1. The van der Waals surface area contributed by atoms with Crippen molar-refractivity contribution < 1.29 is 20.1 Å². The van der Waals surface area contributed by atoms with Gasteiger partial charge in [-0.1, -0.05) is 0 Å². The van der Waals surface area contributed by atoms with Gasteiger partial charge in [0.05, 0.1) is 12.9 Å². The van der Waals surface area contributed by atoms with Gasteiger partial charge in [-0.2, -0.15) is 0 Å². The fourth-order valence-electron chi connectivity index (χ4n) is 2.21. The molecule has 4 atom stereocenters. The second-order valence-electron chi connectivity index (χ2n) is 4.43. The van der Waals surface area contributed by atoms with Crippen molar-refractivity contribution in [2.75, 3.05) is 12.3 Å². The van der Waals surface area contributed by atoms with Crippen molar-refractivity contribution in [1.82, 2.24) is 19.5 Å². The van der Waals surface area contributed by atoms with E-state index in [1.807, 2.05) is 0 Å². The third-order valence-corrected chi connectivity index (χ3v) is 3.57. The number of hydrogen-bond donors (Lipinski definition) is 4. The third-order valence-electron chi connectivity index (χ3n) is 3.21. The first-order chi connectivity index (χ1) is 9.52. The number of nitrogens with zero attached hydrogens (tertiary/aromatic N) is 4. The van der Waals surface area contributed by atoms with Gasteiger partial charge in [0, 0.05) is 0 Å². The Balaban J connectivity index is 2.07. The van der Waals surface area contributed by atoms with Gasteiger partial charge in [-0.05, 0) is 15.9 Å². The Morgan fingerprint density at radius 3 is 2.75 bits per heavy atom. The van der Waals surface area contributed by atoms with E-state index in [0.717, 1.165) is 0 Å². The van der Waals surface area contributed by atoms with Crippen LogP contribution in [0, 0.1) is 0 Å². The molecule has 10 heteroatoms. The van der Waals surface area contributed by atoms with E-state index in [9.17, 15) is 10.2 Å². The van der Waals surface area contributed by atoms with Gasteiger partial charge in [-0.15, -0.1) is 0 Å². The van der Waals surface area contributed by atoms with E-state index in [1.165, 1.54) is 10.9 Å². The van der Waals surface area contributed by atoms with Gasteiger partial charge < -0.3 is 25.8 Å². The van der Waals surface area contributed by atoms with Crippen molar-refractivity contribution in [3.8, 4) is 0 Å². The van der Waals surface area contributed by atoms with Crippen molar-refractivity contribution >= 4 is 32.9 Å². The molecule has 2 aromatic heterocycles. The molecule has 108 valence electrons. The molecule has 0 aliphatic carbocycles. The molecule has 5 N–H and O–H groups in total. The van der Waals surface area contributed by atoms with Gasteiger partial charge >= 0.3 is 0 Å². The van der Waals surface area contributed by atoms with Crippen LogP contribution in [0.3, 0.4) is 0 Å². The van der Waals surface area contributed by atoms with E-state index in [-0.39, 0.29) is 10.6 Å². The largest absolute Gasteiger partial charge is 0.394 e. The summed E-state index contributed by atoms with van der Waals surface area (Å²) in [6.45, 7) is -0.401. The molecule has 0 saturated carbocycles. The summed E-state index contributed by atoms with van der Waals surface area (Å²) >= 11 is 3.13. The van der Waals surface area contributed by atoms with Gasteiger partial charge in [0.25, 0.3) is 0 Å². The summed E-state index contributed by atoms with van der Waals surface area (Å²) in [7, 11) is 0. The summed E-state index contributed by atoms with van der Waals surface area (Å²) in [4.78, 5) is 12.1. The smallest absolute Gasteiger partial charge is 0.200 e. The Hall–Kier alpha value is -1.33. The highest BCUT2D eigenvalue weighted by Crippen LogP contribution is 2.32. The minimum absolute atomic E-state index is 0.187. The van der Waals surface area contributed by atoms with Crippen LogP contribution in [0.2, 0.25) is 0 Å². The standard InChI is InChI=1S/C10H12BrN5O4/c11-10-14-7(12)4-8(15-10)16(2-13-4)9-6(19)5(18)3(1-17)20-9/h2-3,5-6,9,17-19H,1H2,(H2,12,14,15)/t3-,5?,6+,9-/m1/s1. The van der Waals surface area contributed by atoms with Crippen molar-refractivity contribution in [3.05, 3.63) is 11.1 Å². The Kier molecular flexibility index (Phi) is 3.34. The fraction of sp³-hybridized carbons (Fsp3) is 0.500. The van der Waals surface area contributed by atoms with Crippen LogP contribution in [-0.4, -0.2) is 59.8 Å². The molecule has 9 nitrogen and oxygen atoms in total. The Bertz CT molecular complexity index is 650. The normalized spacial score (nSPS) is 30.2. The van der Waals surface area contributed by atoms with Crippen LogP contribution in [0.15, 0.2) is 11.1 Å². The molecule has 2 aromatic rings. The van der Waals surface area contributed by atoms with Gasteiger partial charge in [-0.25, -0.2) is 15.0 Å². The topological polar surface area (TPSA) is 140 Å². The van der Waals surface area contributed by atoms with Gasteiger partial charge in [-0.3, -0.25) is 4.57 Å². The maximum absolute atomic E-state index is 10.0. The first kappa shape index (κ1) is 13.6. The van der Waals surface area contributed by atoms with Crippen LogP contribution < -0.4 is 5.73 Å². The summed E-state index contributed by atoms with van der Waals surface area (Å²) in [6, 6.07) is 0. The Morgan fingerprint density at radius 2 is 2.10 bits per heavy atom. The second-order valence-corrected chi connectivity index (χ2v) is 5.14. The minimum atomic E-state index is -1.21. The molecule has 1 fully saturated rings. The van der Waals surface area contributed by atoms with Gasteiger partial charge in [0.1, 0.15) is 23.8 Å². The molecule has 1 unspecified atom stereocenters. The lowest BCUT2D eigenvalue weighted by molar-refractivity contribution is -0.0511. The lowest BCUT2D eigenvalue weighted by atomic mass is 10.1. The van der Waals surface area contributed by atoms with Crippen LogP contribution in [0.25, 0.3) is 11.2 Å². The number of imidazole rings is 1. The highest BCUT2D eigenvalue weighted by Gasteiger charge is 2.44. The van der Waals surface area contributed by atoms with E-state index in [4.69, 9.17) is 15.6 Å². The fourth-order valence-corrected chi connectivity index (χ4v) is 2.57. The van der Waals surface area contributed by atoms with Crippen LogP contribution in [0.5, 0.6) is 0 Å². The minimum Gasteiger partial charge on any atom is -0.394 e. The zero-order chi connectivity index (χ0) is 14.4. The van der Waals surface area contributed by atoms with E-state index >= 15 is 0 Å². The molecule has 0 spiro atoms. The average molecular weight is 346 g/mol.